The molecule has 3 aliphatic rings. The molecule has 136 valence electrons. The van der Waals surface area contributed by atoms with Gasteiger partial charge in [-0.15, -0.1) is 0 Å². The first-order valence-corrected chi connectivity index (χ1v) is 10.0. The smallest absolute Gasteiger partial charge is 0.283 e. The van der Waals surface area contributed by atoms with E-state index in [4.69, 9.17) is 16.7 Å². The first-order valence-electron chi connectivity index (χ1n) is 9.66. The second-order valence-corrected chi connectivity index (χ2v) is 8.11. The molecule has 1 saturated carbocycles. The van der Waals surface area contributed by atoms with Crippen molar-refractivity contribution in [1.29, 1.82) is 0 Å². The summed E-state index contributed by atoms with van der Waals surface area (Å²) in [4.78, 5) is 13.0. The molecule has 0 spiro atoms. The summed E-state index contributed by atoms with van der Waals surface area (Å²) < 4.78 is 1.94. The molecular formula is C20H23ClN4O. The Kier molecular flexibility index (Phi) is 4.02. The fraction of sp³-hybridized carbons (Fsp3) is 0.500. The number of halogens is 1. The summed E-state index contributed by atoms with van der Waals surface area (Å²) in [6, 6.07) is 7.75. The Morgan fingerprint density at radius 1 is 1.12 bits per heavy atom. The Morgan fingerprint density at radius 3 is 2.69 bits per heavy atom. The molecule has 2 aliphatic carbocycles. The molecular weight excluding hydrogens is 348 g/mol. The SMILES string of the molecule is O=C(NN1CCCCC1)c1nn(-c2ccccc2Cl)c2c1[C@H]1CC[C@H]2C1. The van der Waals surface area contributed by atoms with Gasteiger partial charge in [0, 0.05) is 24.6 Å². The van der Waals surface area contributed by atoms with Crippen molar-refractivity contribution in [2.45, 2.75) is 50.4 Å². The van der Waals surface area contributed by atoms with Crippen LogP contribution < -0.4 is 5.43 Å². The van der Waals surface area contributed by atoms with E-state index in [-0.39, 0.29) is 5.91 Å². The van der Waals surface area contributed by atoms with E-state index >= 15 is 0 Å². The molecule has 0 unspecified atom stereocenters. The molecule has 5 rings (SSSR count). The third kappa shape index (κ3) is 2.57. The second kappa shape index (κ2) is 6.39. The number of nitrogens with zero attached hydrogens (tertiary/aromatic N) is 3. The van der Waals surface area contributed by atoms with Crippen molar-refractivity contribution in [1.82, 2.24) is 20.2 Å². The highest BCUT2D eigenvalue weighted by Crippen LogP contribution is 2.54. The van der Waals surface area contributed by atoms with E-state index in [1.54, 1.807) is 0 Å². The molecule has 1 saturated heterocycles. The third-order valence-electron chi connectivity index (χ3n) is 6.10. The number of hydrogen-bond acceptors (Lipinski definition) is 3. The average molecular weight is 371 g/mol. The molecule has 5 nitrogen and oxygen atoms in total. The topological polar surface area (TPSA) is 50.2 Å². The highest BCUT2D eigenvalue weighted by molar-refractivity contribution is 6.32. The number of carbonyl (C=O) groups is 1. The summed E-state index contributed by atoms with van der Waals surface area (Å²) in [5.41, 5.74) is 6.92. The monoisotopic (exact) mass is 370 g/mol. The molecule has 0 radical (unpaired) electrons. The predicted octanol–water partition coefficient (Wildman–Crippen LogP) is 4.02. The zero-order chi connectivity index (χ0) is 17.7. The number of piperidine rings is 1. The summed E-state index contributed by atoms with van der Waals surface area (Å²) in [5.74, 6) is 0.894. The zero-order valence-electron chi connectivity index (χ0n) is 14.7. The minimum Gasteiger partial charge on any atom is -0.283 e. The molecule has 2 heterocycles. The van der Waals surface area contributed by atoms with Crippen LogP contribution in [0.3, 0.4) is 0 Å². The van der Waals surface area contributed by atoms with Gasteiger partial charge in [-0.1, -0.05) is 30.2 Å². The molecule has 6 heteroatoms. The maximum atomic E-state index is 13.0. The van der Waals surface area contributed by atoms with Crippen LogP contribution in [0.1, 0.15) is 72.1 Å². The van der Waals surface area contributed by atoms with Crippen LogP contribution in [0.15, 0.2) is 24.3 Å². The number of nitrogens with one attached hydrogen (secondary N) is 1. The number of aromatic nitrogens is 2. The van der Waals surface area contributed by atoms with Gasteiger partial charge >= 0.3 is 0 Å². The molecule has 1 amide bonds. The summed E-state index contributed by atoms with van der Waals surface area (Å²) >= 11 is 6.44. The van der Waals surface area contributed by atoms with Crippen molar-refractivity contribution in [2.75, 3.05) is 13.1 Å². The molecule has 1 N–H and O–H groups in total. The van der Waals surface area contributed by atoms with Crippen LogP contribution in [0.2, 0.25) is 5.02 Å². The van der Waals surface area contributed by atoms with Crippen molar-refractivity contribution in [3.05, 3.63) is 46.2 Å². The summed E-state index contributed by atoms with van der Waals surface area (Å²) in [6.45, 7) is 1.84. The lowest BCUT2D eigenvalue weighted by Gasteiger charge is -2.26. The van der Waals surface area contributed by atoms with E-state index in [2.05, 4.69) is 5.43 Å². The van der Waals surface area contributed by atoms with Gasteiger partial charge in [0.15, 0.2) is 5.69 Å². The number of hydrazine groups is 1. The number of para-hydroxylation sites is 1. The van der Waals surface area contributed by atoms with Crippen LogP contribution in [0.5, 0.6) is 0 Å². The summed E-state index contributed by atoms with van der Waals surface area (Å²) in [7, 11) is 0. The molecule has 1 aliphatic heterocycles. The van der Waals surface area contributed by atoms with Gasteiger partial charge in [0.25, 0.3) is 5.91 Å². The molecule has 1 aromatic heterocycles. The maximum absolute atomic E-state index is 13.0. The lowest BCUT2D eigenvalue weighted by Crippen LogP contribution is -2.45. The van der Waals surface area contributed by atoms with Crippen LogP contribution in [0.4, 0.5) is 0 Å². The maximum Gasteiger partial charge on any atom is 0.286 e. The van der Waals surface area contributed by atoms with Gasteiger partial charge in [0.2, 0.25) is 0 Å². The van der Waals surface area contributed by atoms with Crippen molar-refractivity contribution < 1.29 is 4.79 Å². The standard InChI is InChI=1S/C20H23ClN4O/c21-15-6-2-3-7-16(15)25-19-14-9-8-13(12-14)17(19)18(22-25)20(26)23-24-10-4-1-5-11-24/h2-3,6-7,13-14H,1,4-5,8-12H2,(H,23,26)/t13-,14-/m0/s1. The van der Waals surface area contributed by atoms with Crippen LogP contribution in [-0.4, -0.2) is 33.8 Å². The lowest BCUT2D eigenvalue weighted by molar-refractivity contribution is 0.0743. The number of fused-ring (bicyclic) bond motifs is 5. The van der Waals surface area contributed by atoms with E-state index in [1.807, 2.05) is 34.0 Å². The number of benzene rings is 1. The van der Waals surface area contributed by atoms with Crippen molar-refractivity contribution in [2.24, 2.45) is 0 Å². The van der Waals surface area contributed by atoms with Gasteiger partial charge in [-0.2, -0.15) is 5.10 Å². The molecule has 2 bridgehead atoms. The summed E-state index contributed by atoms with van der Waals surface area (Å²) in [6.07, 6.45) is 7.00. The quantitative estimate of drug-likeness (QED) is 0.887. The first-order chi connectivity index (χ1) is 12.7. The van der Waals surface area contributed by atoms with E-state index in [0.717, 1.165) is 50.0 Å². The third-order valence-corrected chi connectivity index (χ3v) is 6.42. The molecule has 1 aromatic carbocycles. The van der Waals surface area contributed by atoms with Crippen LogP contribution in [0, 0.1) is 0 Å². The number of amides is 1. The van der Waals surface area contributed by atoms with Gasteiger partial charge in [-0.05, 0) is 50.2 Å². The predicted molar refractivity (Wildman–Crippen MR) is 101 cm³/mol. The molecule has 2 fully saturated rings. The average Bonchev–Trinajstić information content (AvgIpc) is 3.36. The van der Waals surface area contributed by atoms with E-state index in [1.165, 1.54) is 18.5 Å². The Morgan fingerprint density at radius 2 is 1.88 bits per heavy atom. The van der Waals surface area contributed by atoms with E-state index in [0.29, 0.717) is 22.6 Å². The highest BCUT2D eigenvalue weighted by Gasteiger charge is 2.44. The van der Waals surface area contributed by atoms with Gasteiger partial charge in [0.05, 0.1) is 16.4 Å². The number of hydrogen-bond donors (Lipinski definition) is 1. The Bertz CT molecular complexity index is 855. The number of rotatable bonds is 3. The van der Waals surface area contributed by atoms with Gasteiger partial charge in [-0.3, -0.25) is 10.2 Å². The highest BCUT2D eigenvalue weighted by atomic mass is 35.5. The lowest BCUT2D eigenvalue weighted by atomic mass is 9.95. The summed E-state index contributed by atoms with van der Waals surface area (Å²) in [5, 5.41) is 7.47. The van der Waals surface area contributed by atoms with Crippen LogP contribution in [-0.2, 0) is 0 Å². The van der Waals surface area contributed by atoms with Crippen LogP contribution >= 0.6 is 11.6 Å². The Hall–Kier alpha value is -1.85. The Balaban J connectivity index is 1.54. The fourth-order valence-electron chi connectivity index (χ4n) is 4.91. The zero-order valence-corrected chi connectivity index (χ0v) is 15.5. The van der Waals surface area contributed by atoms with Gasteiger partial charge in [-0.25, -0.2) is 9.69 Å². The van der Waals surface area contributed by atoms with Crippen molar-refractivity contribution in [3.8, 4) is 5.69 Å². The van der Waals surface area contributed by atoms with E-state index < -0.39 is 0 Å². The van der Waals surface area contributed by atoms with Gasteiger partial charge in [0.1, 0.15) is 0 Å². The first kappa shape index (κ1) is 16.3. The normalized spacial score (nSPS) is 24.7. The van der Waals surface area contributed by atoms with Crippen molar-refractivity contribution >= 4 is 17.5 Å². The van der Waals surface area contributed by atoms with Crippen molar-refractivity contribution in [3.63, 3.8) is 0 Å². The largest absolute Gasteiger partial charge is 0.286 e. The minimum absolute atomic E-state index is 0.0681. The molecule has 2 atom stereocenters. The second-order valence-electron chi connectivity index (χ2n) is 7.71. The van der Waals surface area contributed by atoms with Crippen LogP contribution in [0.25, 0.3) is 5.69 Å². The molecule has 2 aromatic rings. The molecule has 26 heavy (non-hydrogen) atoms. The number of carbonyl (C=O) groups excluding carboxylic acids is 1. The Labute approximate surface area is 158 Å². The van der Waals surface area contributed by atoms with E-state index in [9.17, 15) is 4.79 Å². The minimum atomic E-state index is -0.0681. The fourth-order valence-corrected chi connectivity index (χ4v) is 5.12. The van der Waals surface area contributed by atoms with Gasteiger partial charge < -0.3 is 0 Å².